The molecule has 0 aromatic carbocycles. The van der Waals surface area contributed by atoms with E-state index in [1.54, 1.807) is 30.9 Å². The summed E-state index contributed by atoms with van der Waals surface area (Å²) in [4.78, 5) is 43.8. The topological polar surface area (TPSA) is 122 Å². The number of rotatable bonds is 8. The molecular weight excluding hydrogens is 458 g/mol. The molecule has 0 saturated carbocycles. The van der Waals surface area contributed by atoms with E-state index < -0.39 is 21.5 Å². The fraction of sp³-hybridized carbons (Fsp3) is 0.478. The maximum atomic E-state index is 13.0. The van der Waals surface area contributed by atoms with Gasteiger partial charge in [0.2, 0.25) is 21.8 Å². The van der Waals surface area contributed by atoms with Crippen LogP contribution in [0, 0.1) is 12.8 Å². The van der Waals surface area contributed by atoms with E-state index in [0.29, 0.717) is 38.3 Å². The lowest BCUT2D eigenvalue weighted by Crippen LogP contribution is -2.45. The molecule has 1 fully saturated rings. The molecule has 0 radical (unpaired) electrons. The zero-order valence-electron chi connectivity index (χ0n) is 19.7. The molecule has 3 rings (SSSR count). The van der Waals surface area contributed by atoms with E-state index in [0.717, 1.165) is 16.3 Å². The maximum absolute atomic E-state index is 13.0. The number of piperidine rings is 1. The van der Waals surface area contributed by atoms with Crippen molar-refractivity contribution in [3.05, 3.63) is 52.6 Å². The van der Waals surface area contributed by atoms with Gasteiger partial charge in [0.05, 0.1) is 10.8 Å². The van der Waals surface area contributed by atoms with E-state index in [4.69, 9.17) is 0 Å². The molecule has 1 N–H and O–H groups in total. The fourth-order valence-electron chi connectivity index (χ4n) is 4.00. The summed E-state index contributed by atoms with van der Waals surface area (Å²) in [5, 5.41) is 2.80. The van der Waals surface area contributed by atoms with Crippen LogP contribution in [0.3, 0.4) is 0 Å². The molecule has 0 bridgehead atoms. The van der Waals surface area contributed by atoms with Gasteiger partial charge in [0.15, 0.2) is 0 Å². The van der Waals surface area contributed by atoms with Crippen molar-refractivity contribution in [3.8, 4) is 0 Å². The van der Waals surface area contributed by atoms with Gasteiger partial charge in [0.1, 0.15) is 12.4 Å². The van der Waals surface area contributed by atoms with E-state index in [-0.39, 0.29) is 29.8 Å². The molecule has 34 heavy (non-hydrogen) atoms. The number of anilines is 1. The highest BCUT2D eigenvalue weighted by Crippen LogP contribution is 2.19. The van der Waals surface area contributed by atoms with E-state index >= 15 is 0 Å². The van der Waals surface area contributed by atoms with Crippen LogP contribution in [0.2, 0.25) is 0 Å². The number of hydrogen-bond acceptors (Lipinski definition) is 6. The molecule has 1 aliphatic rings. The van der Waals surface area contributed by atoms with Gasteiger partial charge in [-0.25, -0.2) is 13.4 Å². The Morgan fingerprint density at radius 2 is 1.91 bits per heavy atom. The lowest BCUT2D eigenvalue weighted by atomic mass is 9.97. The highest BCUT2D eigenvalue weighted by Gasteiger charge is 2.29. The Kier molecular flexibility index (Phi) is 8.21. The van der Waals surface area contributed by atoms with Gasteiger partial charge in [-0.15, -0.1) is 0 Å². The van der Waals surface area contributed by atoms with E-state index in [1.165, 1.54) is 16.6 Å². The molecule has 10 nitrogen and oxygen atoms in total. The van der Waals surface area contributed by atoms with Crippen LogP contribution in [0.4, 0.5) is 5.82 Å². The Balaban J connectivity index is 1.70. The Hall–Kier alpha value is -3.05. The van der Waals surface area contributed by atoms with Gasteiger partial charge in [-0.05, 0) is 38.0 Å². The normalized spacial score (nSPS) is 16.5. The molecule has 2 amide bonds. The van der Waals surface area contributed by atoms with Gasteiger partial charge in [-0.1, -0.05) is 19.9 Å². The van der Waals surface area contributed by atoms with Crippen LogP contribution in [0.15, 0.2) is 46.2 Å². The largest absolute Gasteiger partial charge is 0.340 e. The first-order valence-corrected chi connectivity index (χ1v) is 12.8. The second kappa shape index (κ2) is 10.9. The number of amides is 2. The number of sulfonamides is 1. The Morgan fingerprint density at radius 3 is 2.59 bits per heavy atom. The van der Waals surface area contributed by atoms with Crippen molar-refractivity contribution < 1.29 is 18.0 Å². The first-order valence-electron chi connectivity index (χ1n) is 11.4. The standard InChI is InChI=1S/C23H31N5O5S/c1-4-28(5-2)34(32,33)19-11-12-21(29)27(15-19)16-22(30)26-13-7-9-18(14-26)23(31)25-20-10-6-8-17(3)24-20/h6,8,10-12,15,18H,4-5,7,9,13-14,16H2,1-3H3,(H,24,25,31)/t18-/m1/s1. The van der Waals surface area contributed by atoms with Crippen LogP contribution < -0.4 is 10.9 Å². The van der Waals surface area contributed by atoms with Crippen molar-refractivity contribution in [2.75, 3.05) is 31.5 Å². The molecule has 0 unspecified atom stereocenters. The predicted molar refractivity (Wildman–Crippen MR) is 128 cm³/mol. The number of pyridine rings is 2. The zero-order chi connectivity index (χ0) is 24.9. The minimum Gasteiger partial charge on any atom is -0.340 e. The van der Waals surface area contributed by atoms with Gasteiger partial charge in [0.25, 0.3) is 5.56 Å². The summed E-state index contributed by atoms with van der Waals surface area (Å²) in [5.74, 6) is -0.483. The maximum Gasteiger partial charge on any atom is 0.251 e. The second-order valence-corrected chi connectivity index (χ2v) is 10.2. The smallest absolute Gasteiger partial charge is 0.251 e. The van der Waals surface area contributed by atoms with Gasteiger partial charge < -0.3 is 14.8 Å². The van der Waals surface area contributed by atoms with Crippen molar-refractivity contribution in [2.45, 2.75) is 45.1 Å². The number of carbonyl (C=O) groups is 2. The minimum atomic E-state index is -3.76. The molecular formula is C23H31N5O5S. The Morgan fingerprint density at radius 1 is 1.18 bits per heavy atom. The van der Waals surface area contributed by atoms with Gasteiger partial charge in [-0.2, -0.15) is 4.31 Å². The molecule has 0 spiro atoms. The molecule has 1 atom stereocenters. The van der Waals surface area contributed by atoms with Gasteiger partial charge >= 0.3 is 0 Å². The first kappa shape index (κ1) is 25.6. The lowest BCUT2D eigenvalue weighted by Gasteiger charge is -2.32. The minimum absolute atomic E-state index is 0.0369. The predicted octanol–water partition coefficient (Wildman–Crippen LogP) is 1.46. The van der Waals surface area contributed by atoms with Crippen LogP contribution in [0.1, 0.15) is 32.4 Å². The number of aryl methyl sites for hydroxylation is 1. The van der Waals surface area contributed by atoms with Gasteiger partial charge in [-0.3, -0.25) is 14.4 Å². The van der Waals surface area contributed by atoms with Crippen LogP contribution >= 0.6 is 0 Å². The SMILES string of the molecule is CCN(CC)S(=O)(=O)c1ccc(=O)n(CC(=O)N2CCC[C@@H](C(=O)Nc3cccc(C)n3)C2)c1. The summed E-state index contributed by atoms with van der Waals surface area (Å²) in [7, 11) is -3.76. The van der Waals surface area contributed by atoms with Crippen molar-refractivity contribution >= 4 is 27.7 Å². The van der Waals surface area contributed by atoms with Crippen molar-refractivity contribution in [1.29, 1.82) is 0 Å². The van der Waals surface area contributed by atoms with Crippen molar-refractivity contribution in [2.24, 2.45) is 5.92 Å². The molecule has 0 aliphatic carbocycles. The number of aromatic nitrogens is 2. The Labute approximate surface area is 199 Å². The summed E-state index contributed by atoms with van der Waals surface area (Å²) in [6.07, 6.45) is 2.50. The molecule has 184 valence electrons. The third-order valence-corrected chi connectivity index (χ3v) is 7.92. The molecule has 2 aromatic heterocycles. The van der Waals surface area contributed by atoms with Crippen molar-refractivity contribution in [3.63, 3.8) is 0 Å². The number of nitrogens with zero attached hydrogens (tertiary/aromatic N) is 4. The number of hydrogen-bond donors (Lipinski definition) is 1. The number of carbonyl (C=O) groups excluding carboxylic acids is 2. The van der Waals surface area contributed by atoms with Crippen molar-refractivity contribution in [1.82, 2.24) is 18.8 Å². The molecule has 2 aromatic rings. The molecule has 1 aliphatic heterocycles. The summed E-state index contributed by atoms with van der Waals surface area (Å²) in [5.41, 5.74) is 0.317. The summed E-state index contributed by atoms with van der Waals surface area (Å²) in [6.45, 7) is 6.30. The highest BCUT2D eigenvalue weighted by molar-refractivity contribution is 7.89. The lowest BCUT2D eigenvalue weighted by molar-refractivity contribution is -0.135. The third kappa shape index (κ3) is 5.89. The Bertz CT molecular complexity index is 1210. The van der Waals surface area contributed by atoms with E-state index in [9.17, 15) is 22.8 Å². The second-order valence-electron chi connectivity index (χ2n) is 8.25. The quantitative estimate of drug-likeness (QED) is 0.599. The zero-order valence-corrected chi connectivity index (χ0v) is 20.5. The molecule has 1 saturated heterocycles. The molecule has 11 heteroatoms. The summed E-state index contributed by atoms with van der Waals surface area (Å²) >= 11 is 0. The van der Waals surface area contributed by atoms with Crippen LogP contribution in [-0.2, 0) is 26.2 Å². The highest BCUT2D eigenvalue weighted by atomic mass is 32.2. The van der Waals surface area contributed by atoms with E-state index in [1.807, 2.05) is 13.0 Å². The van der Waals surface area contributed by atoms with Crippen LogP contribution in [-0.4, -0.2) is 65.2 Å². The van der Waals surface area contributed by atoms with Crippen LogP contribution in [0.5, 0.6) is 0 Å². The average molecular weight is 490 g/mol. The third-order valence-electron chi connectivity index (χ3n) is 5.89. The molecule has 3 heterocycles. The van der Waals surface area contributed by atoms with E-state index in [2.05, 4.69) is 10.3 Å². The van der Waals surface area contributed by atoms with Gasteiger partial charge in [0, 0.05) is 44.1 Å². The average Bonchev–Trinajstić information content (AvgIpc) is 2.81. The summed E-state index contributed by atoms with van der Waals surface area (Å²) < 4.78 is 28.0. The monoisotopic (exact) mass is 489 g/mol. The summed E-state index contributed by atoms with van der Waals surface area (Å²) in [6, 6.07) is 7.77. The first-order chi connectivity index (χ1) is 16.1. The van der Waals surface area contributed by atoms with Crippen LogP contribution in [0.25, 0.3) is 0 Å². The number of likely N-dealkylation sites (tertiary alicyclic amines) is 1. The fourth-order valence-corrected chi connectivity index (χ4v) is 5.48. The number of nitrogens with one attached hydrogen (secondary N) is 1.